The molecule has 1 aliphatic heterocycles. The van der Waals surface area contributed by atoms with Crippen molar-refractivity contribution < 1.29 is 8.42 Å². The monoisotopic (exact) mass is 350 g/mol. The molecule has 22 heavy (non-hydrogen) atoms. The molecular formula is C14H30N4O2S2. The van der Waals surface area contributed by atoms with Gasteiger partial charge in [0.05, 0.1) is 12.8 Å². The average Bonchev–Trinajstić information content (AvgIpc) is 2.96. The maximum Gasteiger partial charge on any atom is 0.211 e. The molecule has 8 heteroatoms. The van der Waals surface area contributed by atoms with Crippen LogP contribution < -0.4 is 10.6 Å². The zero-order valence-corrected chi connectivity index (χ0v) is 15.6. The molecule has 2 N–H and O–H groups in total. The predicted octanol–water partition coefficient (Wildman–Crippen LogP) is 1.11. The third kappa shape index (κ3) is 7.69. The summed E-state index contributed by atoms with van der Waals surface area (Å²) in [5.74, 6) is 2.08. The topological polar surface area (TPSA) is 73.8 Å². The molecule has 1 fully saturated rings. The molecule has 1 saturated heterocycles. The molecule has 1 atom stereocenters. The first-order valence-corrected chi connectivity index (χ1v) is 11.0. The van der Waals surface area contributed by atoms with Crippen LogP contribution in [0.2, 0.25) is 0 Å². The van der Waals surface area contributed by atoms with Gasteiger partial charge in [0.25, 0.3) is 0 Å². The third-order valence-electron chi connectivity index (χ3n) is 3.52. The summed E-state index contributed by atoms with van der Waals surface area (Å²) in [6.07, 6.45) is 4.58. The second kappa shape index (κ2) is 10.3. The molecule has 1 aliphatic rings. The summed E-state index contributed by atoms with van der Waals surface area (Å²) in [4.78, 5) is 4.62. The van der Waals surface area contributed by atoms with Crippen LogP contribution in [-0.2, 0) is 10.0 Å². The second-order valence-corrected chi connectivity index (χ2v) is 8.78. The van der Waals surface area contributed by atoms with Gasteiger partial charge in [0.2, 0.25) is 10.0 Å². The van der Waals surface area contributed by atoms with E-state index < -0.39 is 10.0 Å². The Hall–Kier alpha value is -0.470. The zero-order chi connectivity index (χ0) is 16.4. The highest BCUT2D eigenvalue weighted by atomic mass is 32.2. The van der Waals surface area contributed by atoms with Crippen molar-refractivity contribution >= 4 is 27.7 Å². The molecule has 0 aromatic heterocycles. The molecular weight excluding hydrogens is 320 g/mol. The standard InChI is InChI=1S/C14H30N4O2S2/c1-4-15-14(17-12-13-8-6-11-21-13)16-9-7-10-18(5-2)22(3,19)20/h13H,4-12H2,1-3H3,(H2,15,16,17). The Balaban J connectivity index is 2.32. The molecule has 6 nitrogen and oxygen atoms in total. The summed E-state index contributed by atoms with van der Waals surface area (Å²) in [5, 5.41) is 7.17. The Morgan fingerprint density at radius 2 is 2.14 bits per heavy atom. The average molecular weight is 351 g/mol. The van der Waals surface area contributed by atoms with Gasteiger partial charge in [-0.25, -0.2) is 12.7 Å². The molecule has 0 radical (unpaired) electrons. The van der Waals surface area contributed by atoms with Crippen molar-refractivity contribution in [3.05, 3.63) is 0 Å². The van der Waals surface area contributed by atoms with Crippen LogP contribution in [-0.4, -0.2) is 68.7 Å². The lowest BCUT2D eigenvalue weighted by molar-refractivity contribution is 0.424. The Morgan fingerprint density at radius 1 is 1.36 bits per heavy atom. The fourth-order valence-electron chi connectivity index (χ4n) is 2.34. The van der Waals surface area contributed by atoms with Crippen LogP contribution in [0.15, 0.2) is 4.99 Å². The maximum atomic E-state index is 11.5. The summed E-state index contributed by atoms with van der Waals surface area (Å²) in [7, 11) is -3.09. The van der Waals surface area contributed by atoms with E-state index >= 15 is 0 Å². The number of guanidine groups is 1. The highest BCUT2D eigenvalue weighted by Crippen LogP contribution is 2.25. The number of hydrogen-bond donors (Lipinski definition) is 2. The largest absolute Gasteiger partial charge is 0.357 e. The first-order valence-electron chi connectivity index (χ1n) is 8.06. The van der Waals surface area contributed by atoms with Gasteiger partial charge >= 0.3 is 0 Å². The van der Waals surface area contributed by atoms with E-state index in [4.69, 9.17) is 0 Å². The summed E-state index contributed by atoms with van der Waals surface area (Å²) < 4.78 is 24.5. The lowest BCUT2D eigenvalue weighted by Crippen LogP contribution is -2.39. The van der Waals surface area contributed by atoms with E-state index in [0.717, 1.165) is 32.0 Å². The molecule has 1 unspecified atom stereocenters. The zero-order valence-electron chi connectivity index (χ0n) is 14.0. The first kappa shape index (κ1) is 19.6. The van der Waals surface area contributed by atoms with Gasteiger partial charge in [0, 0.05) is 31.4 Å². The molecule has 0 saturated carbocycles. The van der Waals surface area contributed by atoms with Gasteiger partial charge in [-0.3, -0.25) is 4.99 Å². The van der Waals surface area contributed by atoms with E-state index in [1.54, 1.807) is 0 Å². The molecule has 1 heterocycles. The van der Waals surface area contributed by atoms with Crippen molar-refractivity contribution in [2.24, 2.45) is 4.99 Å². The van der Waals surface area contributed by atoms with Crippen LogP contribution in [0.1, 0.15) is 33.1 Å². The highest BCUT2D eigenvalue weighted by Gasteiger charge is 2.15. The predicted molar refractivity (Wildman–Crippen MR) is 96.2 cm³/mol. The molecule has 0 spiro atoms. The Bertz CT molecular complexity index is 434. The Kier molecular flexibility index (Phi) is 9.19. The number of rotatable bonds is 9. The van der Waals surface area contributed by atoms with Crippen LogP contribution in [0.25, 0.3) is 0 Å². The van der Waals surface area contributed by atoms with Crippen molar-refractivity contribution in [2.75, 3.05) is 44.7 Å². The van der Waals surface area contributed by atoms with Crippen molar-refractivity contribution in [1.29, 1.82) is 0 Å². The lowest BCUT2D eigenvalue weighted by Gasteiger charge is -2.18. The maximum absolute atomic E-state index is 11.5. The summed E-state index contributed by atoms with van der Waals surface area (Å²) in [6, 6.07) is 0. The summed E-state index contributed by atoms with van der Waals surface area (Å²) >= 11 is 2.00. The molecule has 0 aromatic carbocycles. The van der Waals surface area contributed by atoms with Gasteiger partial charge in [-0.1, -0.05) is 6.92 Å². The van der Waals surface area contributed by atoms with E-state index in [2.05, 4.69) is 15.6 Å². The van der Waals surface area contributed by atoms with Crippen LogP contribution in [0.5, 0.6) is 0 Å². The van der Waals surface area contributed by atoms with Crippen LogP contribution in [0.3, 0.4) is 0 Å². The highest BCUT2D eigenvalue weighted by molar-refractivity contribution is 8.00. The quantitative estimate of drug-likeness (QED) is 0.370. The van der Waals surface area contributed by atoms with Gasteiger partial charge in [-0.15, -0.1) is 0 Å². The van der Waals surface area contributed by atoms with Crippen LogP contribution in [0, 0.1) is 0 Å². The number of nitrogens with zero attached hydrogens (tertiary/aromatic N) is 2. The molecule has 0 aliphatic carbocycles. The Labute approximate surface area is 139 Å². The SMILES string of the molecule is CCNC(=NCC1CCCS1)NCCCN(CC)S(C)(=O)=O. The molecule has 130 valence electrons. The van der Waals surface area contributed by atoms with Crippen molar-refractivity contribution in [1.82, 2.24) is 14.9 Å². The summed E-state index contributed by atoms with van der Waals surface area (Å²) in [6.45, 7) is 7.36. The molecule has 0 amide bonds. The van der Waals surface area contributed by atoms with Crippen molar-refractivity contribution in [3.63, 3.8) is 0 Å². The number of thioether (sulfide) groups is 1. The number of hydrogen-bond acceptors (Lipinski definition) is 4. The third-order valence-corrected chi connectivity index (χ3v) is 6.28. The van der Waals surface area contributed by atoms with E-state index in [1.165, 1.54) is 29.2 Å². The minimum atomic E-state index is -3.09. The molecule has 0 aromatic rings. The van der Waals surface area contributed by atoms with Gasteiger partial charge in [0.15, 0.2) is 5.96 Å². The number of aliphatic imine (C=N–C) groups is 1. The lowest BCUT2D eigenvalue weighted by atomic mass is 10.2. The van der Waals surface area contributed by atoms with Gasteiger partial charge < -0.3 is 10.6 Å². The first-order chi connectivity index (χ1) is 10.5. The fourth-order valence-corrected chi connectivity index (χ4v) is 4.45. The van der Waals surface area contributed by atoms with Gasteiger partial charge in [-0.2, -0.15) is 11.8 Å². The minimum absolute atomic E-state index is 0.520. The van der Waals surface area contributed by atoms with Gasteiger partial charge in [0.1, 0.15) is 0 Å². The van der Waals surface area contributed by atoms with Crippen LogP contribution in [0.4, 0.5) is 0 Å². The smallest absolute Gasteiger partial charge is 0.211 e. The number of sulfonamides is 1. The minimum Gasteiger partial charge on any atom is -0.357 e. The molecule has 0 bridgehead atoms. The van der Waals surface area contributed by atoms with Crippen molar-refractivity contribution in [2.45, 2.75) is 38.4 Å². The normalized spacial score (nSPS) is 19.6. The van der Waals surface area contributed by atoms with Crippen molar-refractivity contribution in [3.8, 4) is 0 Å². The second-order valence-electron chi connectivity index (χ2n) is 5.39. The van der Waals surface area contributed by atoms with E-state index in [9.17, 15) is 8.42 Å². The summed E-state index contributed by atoms with van der Waals surface area (Å²) in [5.41, 5.74) is 0. The van der Waals surface area contributed by atoms with E-state index in [-0.39, 0.29) is 0 Å². The number of nitrogens with one attached hydrogen (secondary N) is 2. The molecule has 1 rings (SSSR count). The Morgan fingerprint density at radius 3 is 2.68 bits per heavy atom. The van der Waals surface area contributed by atoms with E-state index in [0.29, 0.717) is 18.3 Å². The fraction of sp³-hybridized carbons (Fsp3) is 0.929. The van der Waals surface area contributed by atoms with Crippen LogP contribution >= 0.6 is 11.8 Å². The van der Waals surface area contributed by atoms with Gasteiger partial charge in [-0.05, 0) is 31.9 Å². The van der Waals surface area contributed by atoms with E-state index in [1.807, 2.05) is 25.6 Å².